The topological polar surface area (TPSA) is 9.23 Å². The summed E-state index contributed by atoms with van der Waals surface area (Å²) >= 11 is 18.3. The van der Waals surface area contributed by atoms with Crippen LogP contribution in [0.1, 0.15) is 33.1 Å². The van der Waals surface area contributed by atoms with Crippen LogP contribution in [-0.4, -0.2) is 11.5 Å². The Bertz CT molecular complexity index is 409. The van der Waals surface area contributed by atoms with E-state index in [0.717, 1.165) is 25.0 Å². The van der Waals surface area contributed by atoms with Crippen LogP contribution in [0.2, 0.25) is 10.0 Å². The highest BCUT2D eigenvalue weighted by atomic mass is 35.5. The normalized spacial score (nSPS) is 25.6. The van der Waals surface area contributed by atoms with Crippen molar-refractivity contribution in [1.82, 2.24) is 0 Å². The van der Waals surface area contributed by atoms with E-state index in [4.69, 9.17) is 39.5 Å². The minimum absolute atomic E-state index is 0.0797. The third kappa shape index (κ3) is 2.45. The predicted molar refractivity (Wildman–Crippen MR) is 78.2 cm³/mol. The van der Waals surface area contributed by atoms with E-state index in [9.17, 15) is 0 Å². The SMILES string of the molecule is CCC1(CC)C(Cl)CC1Oc1cc(Cl)cc(Cl)c1. The van der Waals surface area contributed by atoms with Crippen molar-refractivity contribution in [2.24, 2.45) is 5.41 Å². The van der Waals surface area contributed by atoms with E-state index in [0.29, 0.717) is 10.0 Å². The Morgan fingerprint density at radius 3 is 2.17 bits per heavy atom. The molecule has 0 aromatic heterocycles. The number of benzene rings is 1. The van der Waals surface area contributed by atoms with Gasteiger partial charge in [0, 0.05) is 27.3 Å². The van der Waals surface area contributed by atoms with Gasteiger partial charge in [0.1, 0.15) is 11.9 Å². The lowest BCUT2D eigenvalue weighted by Gasteiger charge is -2.52. The molecule has 0 aliphatic heterocycles. The van der Waals surface area contributed by atoms with Gasteiger partial charge in [-0.05, 0) is 31.0 Å². The first-order chi connectivity index (χ1) is 8.51. The number of hydrogen-bond acceptors (Lipinski definition) is 1. The molecule has 0 heterocycles. The summed E-state index contributed by atoms with van der Waals surface area (Å²) in [7, 11) is 0. The maximum Gasteiger partial charge on any atom is 0.122 e. The Labute approximate surface area is 123 Å². The standard InChI is InChI=1S/C14H17Cl3O/c1-3-14(4-2)12(17)8-13(14)18-11-6-9(15)5-10(16)7-11/h5-7,12-13H,3-4,8H2,1-2H3. The molecule has 2 rings (SSSR count). The summed E-state index contributed by atoms with van der Waals surface area (Å²) in [5.74, 6) is 0.729. The lowest BCUT2D eigenvalue weighted by atomic mass is 9.62. The maximum absolute atomic E-state index is 6.36. The molecule has 0 N–H and O–H groups in total. The minimum Gasteiger partial charge on any atom is -0.490 e. The molecule has 2 atom stereocenters. The van der Waals surface area contributed by atoms with Gasteiger partial charge in [0.05, 0.1) is 0 Å². The third-order valence-corrected chi connectivity index (χ3v) is 5.17. The van der Waals surface area contributed by atoms with Crippen LogP contribution in [0, 0.1) is 5.41 Å². The molecule has 1 aliphatic rings. The molecule has 1 aromatic carbocycles. The van der Waals surface area contributed by atoms with Gasteiger partial charge < -0.3 is 4.74 Å². The highest BCUT2D eigenvalue weighted by Gasteiger charge is 2.53. The highest BCUT2D eigenvalue weighted by molar-refractivity contribution is 6.34. The first-order valence-electron chi connectivity index (χ1n) is 6.28. The van der Waals surface area contributed by atoms with Crippen molar-refractivity contribution in [3.8, 4) is 5.75 Å². The summed E-state index contributed by atoms with van der Waals surface area (Å²) in [6.07, 6.45) is 3.09. The maximum atomic E-state index is 6.36. The van der Waals surface area contributed by atoms with Crippen molar-refractivity contribution >= 4 is 34.8 Å². The van der Waals surface area contributed by atoms with Gasteiger partial charge in [-0.3, -0.25) is 0 Å². The van der Waals surface area contributed by atoms with Crippen molar-refractivity contribution < 1.29 is 4.74 Å². The van der Waals surface area contributed by atoms with Crippen molar-refractivity contribution in [2.75, 3.05) is 0 Å². The molecular weight excluding hydrogens is 291 g/mol. The monoisotopic (exact) mass is 306 g/mol. The average molecular weight is 308 g/mol. The number of rotatable bonds is 4. The molecule has 1 aliphatic carbocycles. The molecule has 0 amide bonds. The van der Waals surface area contributed by atoms with Gasteiger partial charge in [0.15, 0.2) is 0 Å². The van der Waals surface area contributed by atoms with E-state index in [2.05, 4.69) is 13.8 Å². The van der Waals surface area contributed by atoms with Crippen LogP contribution >= 0.6 is 34.8 Å². The summed E-state index contributed by atoms with van der Waals surface area (Å²) in [6.45, 7) is 4.33. The van der Waals surface area contributed by atoms with Gasteiger partial charge in [-0.25, -0.2) is 0 Å². The molecular formula is C14H17Cl3O. The van der Waals surface area contributed by atoms with Crippen LogP contribution in [0.4, 0.5) is 0 Å². The second-order valence-electron chi connectivity index (χ2n) is 4.86. The summed E-state index contributed by atoms with van der Waals surface area (Å²) in [6, 6.07) is 5.30. The second-order valence-corrected chi connectivity index (χ2v) is 6.25. The second kappa shape index (κ2) is 5.48. The van der Waals surface area contributed by atoms with E-state index in [1.54, 1.807) is 18.2 Å². The van der Waals surface area contributed by atoms with Crippen molar-refractivity contribution in [3.05, 3.63) is 28.2 Å². The number of ether oxygens (including phenoxy) is 1. The molecule has 0 saturated heterocycles. The van der Waals surface area contributed by atoms with Crippen molar-refractivity contribution in [3.63, 3.8) is 0 Å². The predicted octanol–water partition coefficient (Wildman–Crippen LogP) is 5.56. The van der Waals surface area contributed by atoms with E-state index >= 15 is 0 Å². The van der Waals surface area contributed by atoms with Gasteiger partial charge in [-0.15, -0.1) is 11.6 Å². The van der Waals surface area contributed by atoms with Gasteiger partial charge in [-0.2, -0.15) is 0 Å². The lowest BCUT2D eigenvalue weighted by molar-refractivity contribution is -0.0461. The van der Waals surface area contributed by atoms with E-state index < -0.39 is 0 Å². The molecule has 100 valence electrons. The summed E-state index contributed by atoms with van der Waals surface area (Å²) in [5.41, 5.74) is 0.0797. The van der Waals surface area contributed by atoms with Crippen LogP contribution in [0.3, 0.4) is 0 Å². The average Bonchev–Trinajstić information content (AvgIpc) is 2.29. The van der Waals surface area contributed by atoms with Crippen molar-refractivity contribution in [1.29, 1.82) is 0 Å². The van der Waals surface area contributed by atoms with Crippen LogP contribution in [0.25, 0.3) is 0 Å². The Morgan fingerprint density at radius 2 is 1.72 bits per heavy atom. The fourth-order valence-corrected chi connectivity index (χ4v) is 3.89. The number of halogens is 3. The molecule has 0 bridgehead atoms. The summed E-state index contributed by atoms with van der Waals surface area (Å²) in [5, 5.41) is 1.39. The third-order valence-electron chi connectivity index (χ3n) is 4.12. The summed E-state index contributed by atoms with van der Waals surface area (Å²) < 4.78 is 6.03. The highest BCUT2D eigenvalue weighted by Crippen LogP contribution is 2.52. The molecule has 1 saturated carbocycles. The number of alkyl halides is 1. The smallest absolute Gasteiger partial charge is 0.122 e. The fraction of sp³-hybridized carbons (Fsp3) is 0.571. The fourth-order valence-electron chi connectivity index (χ4n) is 2.77. The molecule has 4 heteroatoms. The zero-order valence-corrected chi connectivity index (χ0v) is 12.8. The molecule has 18 heavy (non-hydrogen) atoms. The molecule has 2 unspecified atom stereocenters. The zero-order valence-electron chi connectivity index (χ0n) is 10.6. The van der Waals surface area contributed by atoms with Crippen LogP contribution in [0.15, 0.2) is 18.2 Å². The van der Waals surface area contributed by atoms with Gasteiger partial charge >= 0.3 is 0 Å². The number of hydrogen-bond donors (Lipinski definition) is 0. The van der Waals surface area contributed by atoms with E-state index in [1.807, 2.05) is 0 Å². The Balaban J connectivity index is 2.15. The van der Waals surface area contributed by atoms with Crippen LogP contribution < -0.4 is 4.74 Å². The van der Waals surface area contributed by atoms with Gasteiger partial charge in [0.25, 0.3) is 0 Å². The molecule has 0 radical (unpaired) electrons. The Morgan fingerprint density at radius 1 is 1.17 bits per heavy atom. The molecule has 0 spiro atoms. The lowest BCUT2D eigenvalue weighted by Crippen LogP contribution is -2.56. The quantitative estimate of drug-likeness (QED) is 0.662. The minimum atomic E-state index is 0.0797. The van der Waals surface area contributed by atoms with Crippen LogP contribution in [-0.2, 0) is 0 Å². The van der Waals surface area contributed by atoms with E-state index in [1.165, 1.54) is 0 Å². The van der Waals surface area contributed by atoms with Crippen LogP contribution in [0.5, 0.6) is 5.75 Å². The largest absolute Gasteiger partial charge is 0.490 e. The van der Waals surface area contributed by atoms with Gasteiger partial charge in [-0.1, -0.05) is 37.0 Å². The molecule has 1 nitrogen and oxygen atoms in total. The zero-order chi connectivity index (χ0) is 13.3. The molecule has 1 fully saturated rings. The first-order valence-corrected chi connectivity index (χ1v) is 7.48. The molecule has 1 aromatic rings. The summed E-state index contributed by atoms with van der Waals surface area (Å²) in [4.78, 5) is 0. The van der Waals surface area contributed by atoms with Gasteiger partial charge in [0.2, 0.25) is 0 Å². The van der Waals surface area contributed by atoms with E-state index in [-0.39, 0.29) is 16.9 Å². The Kier molecular flexibility index (Phi) is 4.36. The van der Waals surface area contributed by atoms with Crippen molar-refractivity contribution in [2.45, 2.75) is 44.6 Å². The Hall–Kier alpha value is -0.110. The first kappa shape index (κ1) is 14.3.